The van der Waals surface area contributed by atoms with Crippen molar-refractivity contribution in [3.8, 4) is 0 Å². The average Bonchev–Trinajstić information content (AvgIpc) is 2.50. The summed E-state index contributed by atoms with van der Waals surface area (Å²) >= 11 is 0. The SMILES string of the molecule is CCCc1cccc2ncc(N)n12. The number of fused-ring (bicyclic) bond motifs is 1. The molecule has 2 heterocycles. The van der Waals surface area contributed by atoms with E-state index >= 15 is 0 Å². The molecule has 0 aliphatic carbocycles. The number of imidazole rings is 1. The highest BCUT2D eigenvalue weighted by molar-refractivity contribution is 5.49. The molecular weight excluding hydrogens is 162 g/mol. The summed E-state index contributed by atoms with van der Waals surface area (Å²) in [5.41, 5.74) is 7.97. The molecule has 0 aliphatic rings. The van der Waals surface area contributed by atoms with Crippen molar-refractivity contribution in [2.75, 3.05) is 5.73 Å². The molecular formula is C10H13N3. The third kappa shape index (κ3) is 1.26. The summed E-state index contributed by atoms with van der Waals surface area (Å²) in [6, 6.07) is 6.08. The lowest BCUT2D eigenvalue weighted by Gasteiger charge is -2.04. The fraction of sp³-hybridized carbons (Fsp3) is 0.300. The van der Waals surface area contributed by atoms with Crippen LogP contribution in [0.4, 0.5) is 5.82 Å². The van der Waals surface area contributed by atoms with Crippen molar-refractivity contribution in [2.24, 2.45) is 0 Å². The number of nitrogen functional groups attached to an aromatic ring is 1. The molecule has 2 aromatic rings. The van der Waals surface area contributed by atoms with Gasteiger partial charge < -0.3 is 5.73 Å². The maximum absolute atomic E-state index is 5.81. The number of nitrogens with zero attached hydrogens (tertiary/aromatic N) is 2. The lowest BCUT2D eigenvalue weighted by Crippen LogP contribution is -1.99. The summed E-state index contributed by atoms with van der Waals surface area (Å²) in [4.78, 5) is 4.20. The van der Waals surface area contributed by atoms with Crippen LogP contribution in [0.3, 0.4) is 0 Å². The second-order valence-electron chi connectivity index (χ2n) is 3.14. The fourth-order valence-electron chi connectivity index (χ4n) is 1.58. The molecule has 2 rings (SSSR count). The van der Waals surface area contributed by atoms with E-state index in [1.54, 1.807) is 6.20 Å². The molecule has 0 aromatic carbocycles. The summed E-state index contributed by atoms with van der Waals surface area (Å²) in [6.45, 7) is 2.16. The molecule has 3 heteroatoms. The molecule has 0 amide bonds. The highest BCUT2D eigenvalue weighted by Crippen LogP contribution is 2.13. The van der Waals surface area contributed by atoms with E-state index in [4.69, 9.17) is 5.73 Å². The maximum Gasteiger partial charge on any atom is 0.138 e. The van der Waals surface area contributed by atoms with Gasteiger partial charge >= 0.3 is 0 Å². The van der Waals surface area contributed by atoms with Crippen molar-refractivity contribution in [1.82, 2.24) is 9.38 Å². The second kappa shape index (κ2) is 3.09. The van der Waals surface area contributed by atoms with E-state index < -0.39 is 0 Å². The molecule has 2 N–H and O–H groups in total. The molecule has 68 valence electrons. The molecule has 0 saturated carbocycles. The number of anilines is 1. The third-order valence-corrected chi connectivity index (χ3v) is 2.14. The summed E-state index contributed by atoms with van der Waals surface area (Å²) in [6.07, 6.45) is 3.86. The first-order chi connectivity index (χ1) is 6.33. The van der Waals surface area contributed by atoms with E-state index in [2.05, 4.69) is 18.0 Å². The predicted molar refractivity (Wildman–Crippen MR) is 53.6 cm³/mol. The Morgan fingerprint density at radius 2 is 2.31 bits per heavy atom. The zero-order chi connectivity index (χ0) is 9.26. The van der Waals surface area contributed by atoms with Gasteiger partial charge in [-0.05, 0) is 18.6 Å². The van der Waals surface area contributed by atoms with Crippen molar-refractivity contribution < 1.29 is 0 Å². The summed E-state index contributed by atoms with van der Waals surface area (Å²) in [5.74, 6) is 0.721. The first-order valence-corrected chi connectivity index (χ1v) is 4.53. The molecule has 0 saturated heterocycles. The van der Waals surface area contributed by atoms with Crippen LogP contribution in [0.15, 0.2) is 24.4 Å². The highest BCUT2D eigenvalue weighted by Gasteiger charge is 2.02. The van der Waals surface area contributed by atoms with Gasteiger partial charge in [0.15, 0.2) is 0 Å². The lowest BCUT2D eigenvalue weighted by molar-refractivity contribution is 0.863. The van der Waals surface area contributed by atoms with Gasteiger partial charge in [-0.25, -0.2) is 4.98 Å². The van der Waals surface area contributed by atoms with Crippen LogP contribution >= 0.6 is 0 Å². The van der Waals surface area contributed by atoms with Crippen molar-refractivity contribution in [3.63, 3.8) is 0 Å². The van der Waals surface area contributed by atoms with Gasteiger partial charge in [0.05, 0.1) is 6.20 Å². The minimum absolute atomic E-state index is 0.721. The number of hydrogen-bond donors (Lipinski definition) is 1. The maximum atomic E-state index is 5.81. The molecule has 2 aromatic heterocycles. The van der Waals surface area contributed by atoms with Crippen LogP contribution in [0.25, 0.3) is 5.65 Å². The number of aromatic nitrogens is 2. The van der Waals surface area contributed by atoms with Gasteiger partial charge in [0.2, 0.25) is 0 Å². The Balaban J connectivity index is 2.65. The predicted octanol–water partition coefficient (Wildman–Crippen LogP) is 1.87. The van der Waals surface area contributed by atoms with Gasteiger partial charge in [0.1, 0.15) is 11.5 Å². The standard InChI is InChI=1S/C10H13N3/c1-2-4-8-5-3-6-10-12-7-9(11)13(8)10/h3,5-7H,2,4,11H2,1H3. The normalized spacial score (nSPS) is 10.8. The van der Waals surface area contributed by atoms with Crippen molar-refractivity contribution in [3.05, 3.63) is 30.1 Å². The van der Waals surface area contributed by atoms with Crippen LogP contribution in [-0.4, -0.2) is 9.38 Å². The van der Waals surface area contributed by atoms with Crippen LogP contribution in [0, 0.1) is 0 Å². The van der Waals surface area contributed by atoms with E-state index in [0.29, 0.717) is 0 Å². The van der Waals surface area contributed by atoms with E-state index in [9.17, 15) is 0 Å². The van der Waals surface area contributed by atoms with Gasteiger partial charge in [-0.2, -0.15) is 0 Å². The molecule has 0 atom stereocenters. The van der Waals surface area contributed by atoms with Crippen LogP contribution in [-0.2, 0) is 6.42 Å². The fourth-order valence-corrected chi connectivity index (χ4v) is 1.58. The van der Waals surface area contributed by atoms with Crippen molar-refractivity contribution >= 4 is 11.5 Å². The van der Waals surface area contributed by atoms with Crippen LogP contribution in [0.1, 0.15) is 19.0 Å². The molecule has 0 spiro atoms. The van der Waals surface area contributed by atoms with Crippen LogP contribution < -0.4 is 5.73 Å². The monoisotopic (exact) mass is 175 g/mol. The second-order valence-corrected chi connectivity index (χ2v) is 3.14. The van der Waals surface area contributed by atoms with E-state index in [1.807, 2.05) is 16.5 Å². The number of rotatable bonds is 2. The largest absolute Gasteiger partial charge is 0.383 e. The number of pyridine rings is 1. The number of nitrogens with two attached hydrogens (primary N) is 1. The van der Waals surface area contributed by atoms with E-state index in [-0.39, 0.29) is 0 Å². The minimum atomic E-state index is 0.721. The summed E-state index contributed by atoms with van der Waals surface area (Å²) < 4.78 is 2.00. The zero-order valence-electron chi connectivity index (χ0n) is 7.70. The topological polar surface area (TPSA) is 43.3 Å². The smallest absolute Gasteiger partial charge is 0.138 e. The molecule has 0 bridgehead atoms. The Morgan fingerprint density at radius 3 is 3.08 bits per heavy atom. The first-order valence-electron chi connectivity index (χ1n) is 4.53. The molecule has 0 unspecified atom stereocenters. The van der Waals surface area contributed by atoms with Crippen LogP contribution in [0.5, 0.6) is 0 Å². The Bertz CT molecular complexity index is 417. The van der Waals surface area contributed by atoms with E-state index in [0.717, 1.165) is 24.3 Å². The Hall–Kier alpha value is -1.51. The Kier molecular flexibility index (Phi) is 1.93. The zero-order valence-corrected chi connectivity index (χ0v) is 7.70. The third-order valence-electron chi connectivity index (χ3n) is 2.14. The molecule has 0 radical (unpaired) electrons. The lowest BCUT2D eigenvalue weighted by atomic mass is 10.2. The minimum Gasteiger partial charge on any atom is -0.383 e. The van der Waals surface area contributed by atoms with Crippen LogP contribution in [0.2, 0.25) is 0 Å². The molecule has 0 fully saturated rings. The van der Waals surface area contributed by atoms with Gasteiger partial charge in [-0.15, -0.1) is 0 Å². The van der Waals surface area contributed by atoms with Crippen molar-refractivity contribution in [1.29, 1.82) is 0 Å². The highest BCUT2D eigenvalue weighted by atomic mass is 15.1. The van der Waals surface area contributed by atoms with Gasteiger partial charge in [0, 0.05) is 5.69 Å². The number of hydrogen-bond acceptors (Lipinski definition) is 2. The van der Waals surface area contributed by atoms with E-state index in [1.165, 1.54) is 5.69 Å². The molecule has 0 aliphatic heterocycles. The van der Waals surface area contributed by atoms with Gasteiger partial charge in [-0.1, -0.05) is 19.4 Å². The molecule has 3 nitrogen and oxygen atoms in total. The van der Waals surface area contributed by atoms with Crippen molar-refractivity contribution in [2.45, 2.75) is 19.8 Å². The summed E-state index contributed by atoms with van der Waals surface area (Å²) in [7, 11) is 0. The Labute approximate surface area is 77.2 Å². The first kappa shape index (κ1) is 8.10. The Morgan fingerprint density at radius 1 is 1.46 bits per heavy atom. The summed E-state index contributed by atoms with van der Waals surface area (Å²) in [5, 5.41) is 0. The van der Waals surface area contributed by atoms with Gasteiger partial charge in [0.25, 0.3) is 0 Å². The van der Waals surface area contributed by atoms with Gasteiger partial charge in [-0.3, -0.25) is 4.40 Å². The number of aryl methyl sites for hydroxylation is 1. The average molecular weight is 175 g/mol. The molecule has 13 heavy (non-hydrogen) atoms. The quantitative estimate of drug-likeness (QED) is 0.757.